The fourth-order valence-electron chi connectivity index (χ4n) is 4.64. The quantitative estimate of drug-likeness (QED) is 0.866. The van der Waals surface area contributed by atoms with Crippen LogP contribution in [0, 0.1) is 23.6 Å². The molecule has 0 spiro atoms. The molecule has 2 aromatic rings. The molecule has 23 heavy (non-hydrogen) atoms. The molecule has 1 aromatic carbocycles. The number of piperidine rings is 3. The zero-order chi connectivity index (χ0) is 15.4. The third-order valence-electron chi connectivity index (χ3n) is 5.44. The molecule has 6 heteroatoms. The van der Waals surface area contributed by atoms with Crippen LogP contribution in [0.4, 0.5) is 4.39 Å². The highest BCUT2D eigenvalue weighted by molar-refractivity contribution is 7.16. The standard InChI is InChI=1S/C17H18FN3OS/c18-14-3-1-11(2-4-14)16-19-20-17(23-16)22-15-12-5-10-6-13(15)9-21(7-10)8-12/h1-4,10,12-13,15H,5-9H2. The van der Waals surface area contributed by atoms with Crippen molar-refractivity contribution in [1.82, 2.24) is 15.1 Å². The second-order valence-corrected chi connectivity index (χ2v) is 7.98. The van der Waals surface area contributed by atoms with Crippen LogP contribution >= 0.6 is 11.3 Å². The zero-order valence-electron chi connectivity index (χ0n) is 12.7. The van der Waals surface area contributed by atoms with Crippen LogP contribution in [0.3, 0.4) is 0 Å². The van der Waals surface area contributed by atoms with Gasteiger partial charge in [-0.1, -0.05) is 16.4 Å². The number of aromatic nitrogens is 2. The molecule has 3 saturated heterocycles. The monoisotopic (exact) mass is 331 g/mol. The Labute approximate surface area is 138 Å². The minimum atomic E-state index is -0.238. The van der Waals surface area contributed by atoms with E-state index >= 15 is 0 Å². The number of hydrogen-bond donors (Lipinski definition) is 0. The molecule has 1 aliphatic carbocycles. The van der Waals surface area contributed by atoms with Gasteiger partial charge >= 0.3 is 0 Å². The van der Waals surface area contributed by atoms with Crippen molar-refractivity contribution in [3.8, 4) is 15.8 Å². The first-order valence-electron chi connectivity index (χ1n) is 8.23. The van der Waals surface area contributed by atoms with Gasteiger partial charge in [0.1, 0.15) is 11.9 Å². The van der Waals surface area contributed by atoms with Gasteiger partial charge in [-0.15, -0.1) is 5.10 Å². The van der Waals surface area contributed by atoms with E-state index in [-0.39, 0.29) is 11.9 Å². The van der Waals surface area contributed by atoms with Gasteiger partial charge in [0.15, 0.2) is 5.01 Å². The van der Waals surface area contributed by atoms with E-state index in [1.165, 1.54) is 55.9 Å². The van der Waals surface area contributed by atoms with Crippen LogP contribution in [0.5, 0.6) is 5.19 Å². The highest BCUT2D eigenvalue weighted by Gasteiger charge is 2.49. The summed E-state index contributed by atoms with van der Waals surface area (Å²) in [5.74, 6) is 1.91. The van der Waals surface area contributed by atoms with Gasteiger partial charge in [0.05, 0.1) is 0 Å². The molecule has 4 heterocycles. The second-order valence-electron chi connectivity index (χ2n) is 7.04. The van der Waals surface area contributed by atoms with Gasteiger partial charge in [0, 0.05) is 37.0 Å². The van der Waals surface area contributed by atoms with E-state index in [0.29, 0.717) is 17.0 Å². The van der Waals surface area contributed by atoms with E-state index in [1.54, 1.807) is 12.1 Å². The Morgan fingerprint density at radius 1 is 1.04 bits per heavy atom. The summed E-state index contributed by atoms with van der Waals surface area (Å²) in [5, 5.41) is 9.85. The van der Waals surface area contributed by atoms with Crippen molar-refractivity contribution >= 4 is 11.3 Å². The van der Waals surface area contributed by atoms with Gasteiger partial charge in [-0.05, 0) is 43.0 Å². The average molecular weight is 331 g/mol. The van der Waals surface area contributed by atoms with Gasteiger partial charge in [-0.25, -0.2) is 4.39 Å². The predicted octanol–water partition coefficient (Wildman–Crippen LogP) is 3.06. The molecule has 0 radical (unpaired) electrons. The van der Waals surface area contributed by atoms with Crippen LogP contribution in [0.25, 0.3) is 10.6 Å². The summed E-state index contributed by atoms with van der Waals surface area (Å²) >= 11 is 1.46. The fourth-order valence-corrected chi connectivity index (χ4v) is 5.38. The SMILES string of the molecule is Fc1ccc(-c2nnc(OC3C4CC5CC3CN(C5)C4)s2)cc1. The maximum Gasteiger partial charge on any atom is 0.294 e. The van der Waals surface area contributed by atoms with Crippen LogP contribution in [0.15, 0.2) is 24.3 Å². The minimum Gasteiger partial charge on any atom is -0.465 e. The van der Waals surface area contributed by atoms with E-state index in [9.17, 15) is 4.39 Å². The first-order chi connectivity index (χ1) is 11.2. The molecule has 2 unspecified atom stereocenters. The first kappa shape index (κ1) is 13.9. The molecular formula is C17H18FN3OS. The average Bonchev–Trinajstić information content (AvgIpc) is 2.99. The van der Waals surface area contributed by atoms with Gasteiger partial charge in [-0.2, -0.15) is 0 Å². The Bertz CT molecular complexity index is 689. The highest BCUT2D eigenvalue weighted by Crippen LogP contribution is 2.45. The van der Waals surface area contributed by atoms with Crippen molar-refractivity contribution in [2.45, 2.75) is 18.9 Å². The van der Waals surface area contributed by atoms with Crippen molar-refractivity contribution in [2.24, 2.45) is 17.8 Å². The molecule has 120 valence electrons. The number of rotatable bonds is 3. The molecule has 1 saturated carbocycles. The number of nitrogens with zero attached hydrogens (tertiary/aromatic N) is 3. The molecule has 0 N–H and O–H groups in total. The zero-order valence-corrected chi connectivity index (χ0v) is 13.5. The molecule has 2 atom stereocenters. The van der Waals surface area contributed by atoms with Crippen molar-refractivity contribution in [3.63, 3.8) is 0 Å². The Morgan fingerprint density at radius 3 is 2.48 bits per heavy atom. The van der Waals surface area contributed by atoms with Crippen molar-refractivity contribution in [2.75, 3.05) is 19.6 Å². The van der Waals surface area contributed by atoms with Crippen LogP contribution in [0.1, 0.15) is 12.8 Å². The van der Waals surface area contributed by atoms with E-state index in [4.69, 9.17) is 4.74 Å². The van der Waals surface area contributed by atoms with E-state index < -0.39 is 0 Å². The molecule has 4 bridgehead atoms. The van der Waals surface area contributed by atoms with Crippen LogP contribution in [-0.2, 0) is 0 Å². The number of hydrogen-bond acceptors (Lipinski definition) is 5. The van der Waals surface area contributed by atoms with Gasteiger partial charge in [-0.3, -0.25) is 0 Å². The van der Waals surface area contributed by atoms with Crippen molar-refractivity contribution in [1.29, 1.82) is 0 Å². The lowest BCUT2D eigenvalue weighted by molar-refractivity contribution is -0.0986. The highest BCUT2D eigenvalue weighted by atomic mass is 32.1. The Kier molecular flexibility index (Phi) is 3.16. The topological polar surface area (TPSA) is 38.3 Å². The molecular weight excluding hydrogens is 313 g/mol. The molecule has 3 aliphatic heterocycles. The fraction of sp³-hybridized carbons (Fsp3) is 0.529. The third kappa shape index (κ3) is 2.44. The smallest absolute Gasteiger partial charge is 0.294 e. The van der Waals surface area contributed by atoms with E-state index in [1.807, 2.05) is 0 Å². The lowest BCUT2D eigenvalue weighted by atomic mass is 9.66. The lowest BCUT2D eigenvalue weighted by Gasteiger charge is -2.54. The summed E-state index contributed by atoms with van der Waals surface area (Å²) in [6, 6.07) is 6.36. The molecule has 4 nitrogen and oxygen atoms in total. The minimum absolute atomic E-state index is 0.238. The number of benzene rings is 1. The van der Waals surface area contributed by atoms with Crippen molar-refractivity contribution < 1.29 is 9.13 Å². The van der Waals surface area contributed by atoms with Gasteiger partial charge in [0.25, 0.3) is 5.19 Å². The van der Waals surface area contributed by atoms with E-state index in [0.717, 1.165) is 16.5 Å². The summed E-state index contributed by atoms with van der Waals surface area (Å²) in [4.78, 5) is 2.59. The summed E-state index contributed by atoms with van der Waals surface area (Å²) < 4.78 is 19.3. The largest absolute Gasteiger partial charge is 0.465 e. The van der Waals surface area contributed by atoms with Crippen LogP contribution in [-0.4, -0.2) is 40.8 Å². The Balaban J connectivity index is 1.34. The summed E-state index contributed by atoms with van der Waals surface area (Å²) in [5.41, 5.74) is 0.884. The van der Waals surface area contributed by atoms with Crippen LogP contribution < -0.4 is 4.74 Å². The van der Waals surface area contributed by atoms with Gasteiger partial charge < -0.3 is 9.64 Å². The molecule has 0 amide bonds. The first-order valence-corrected chi connectivity index (χ1v) is 9.05. The molecule has 6 rings (SSSR count). The molecule has 1 aromatic heterocycles. The van der Waals surface area contributed by atoms with E-state index in [2.05, 4.69) is 15.1 Å². The maximum atomic E-state index is 13.0. The van der Waals surface area contributed by atoms with Crippen LogP contribution in [0.2, 0.25) is 0 Å². The Hall–Kier alpha value is -1.53. The Morgan fingerprint density at radius 2 is 1.78 bits per heavy atom. The number of halogens is 1. The number of ether oxygens (including phenoxy) is 1. The van der Waals surface area contributed by atoms with Gasteiger partial charge in [0.2, 0.25) is 0 Å². The second kappa shape index (κ2) is 5.24. The molecule has 4 aliphatic rings. The third-order valence-corrected chi connectivity index (χ3v) is 6.30. The maximum absolute atomic E-state index is 13.0. The predicted molar refractivity (Wildman–Crippen MR) is 85.9 cm³/mol. The summed E-state index contributed by atoms with van der Waals surface area (Å²) in [6.45, 7) is 3.62. The lowest BCUT2D eigenvalue weighted by Crippen LogP contribution is -2.61. The normalized spacial score (nSPS) is 34.7. The summed E-state index contributed by atoms with van der Waals surface area (Å²) in [6.07, 6.45) is 2.87. The van der Waals surface area contributed by atoms with Crippen molar-refractivity contribution in [3.05, 3.63) is 30.1 Å². The summed E-state index contributed by atoms with van der Waals surface area (Å²) in [7, 11) is 0. The molecule has 4 fully saturated rings.